The van der Waals surface area contributed by atoms with E-state index >= 15 is 0 Å². The van der Waals surface area contributed by atoms with Crippen LogP contribution in [-0.4, -0.2) is 39.7 Å². The highest BCUT2D eigenvalue weighted by Gasteiger charge is 2.12. The van der Waals surface area contributed by atoms with Crippen molar-refractivity contribution in [2.45, 2.75) is 19.4 Å². The number of unbranched alkanes of at least 4 members (excludes halogenated alkanes) is 1. The van der Waals surface area contributed by atoms with Gasteiger partial charge in [-0.2, -0.15) is 4.98 Å². The van der Waals surface area contributed by atoms with E-state index in [4.69, 9.17) is 10.5 Å². The van der Waals surface area contributed by atoms with Gasteiger partial charge in [-0.15, -0.1) is 0 Å². The quantitative estimate of drug-likeness (QED) is 0.533. The van der Waals surface area contributed by atoms with Crippen LogP contribution in [-0.2, 0) is 6.54 Å². The van der Waals surface area contributed by atoms with Gasteiger partial charge in [0, 0.05) is 12.1 Å². The minimum Gasteiger partial charge on any atom is -0.496 e. The van der Waals surface area contributed by atoms with Crippen molar-refractivity contribution in [1.82, 2.24) is 19.5 Å². The summed E-state index contributed by atoms with van der Waals surface area (Å²) in [6.07, 6.45) is 3.50. The molecule has 8 nitrogen and oxygen atoms in total. The second-order valence-corrected chi connectivity index (χ2v) is 5.68. The van der Waals surface area contributed by atoms with Crippen LogP contribution in [0.15, 0.2) is 35.3 Å². The molecule has 25 heavy (non-hydrogen) atoms. The summed E-state index contributed by atoms with van der Waals surface area (Å²) in [4.78, 5) is 23.8. The summed E-state index contributed by atoms with van der Waals surface area (Å²) in [5.41, 5.74) is 7.34. The summed E-state index contributed by atoms with van der Waals surface area (Å²) >= 11 is 0. The van der Waals surface area contributed by atoms with Crippen molar-refractivity contribution in [3.63, 3.8) is 0 Å². The van der Waals surface area contributed by atoms with Crippen LogP contribution in [0.2, 0.25) is 0 Å². The SMILES string of the molecule is COc1ccccc1Cn1c(=O)[nH]c2cnc(NCCCCN)nc21. The lowest BCUT2D eigenvalue weighted by atomic mass is 10.2. The molecule has 3 aromatic rings. The van der Waals surface area contributed by atoms with Crippen molar-refractivity contribution in [2.75, 3.05) is 25.5 Å². The minimum absolute atomic E-state index is 0.226. The first-order chi connectivity index (χ1) is 12.2. The summed E-state index contributed by atoms with van der Waals surface area (Å²) in [7, 11) is 1.61. The van der Waals surface area contributed by atoms with E-state index in [2.05, 4.69) is 20.3 Å². The Kier molecular flexibility index (Phi) is 5.30. The lowest BCUT2D eigenvalue weighted by molar-refractivity contribution is 0.408. The Balaban J connectivity index is 1.89. The first-order valence-electron chi connectivity index (χ1n) is 8.24. The van der Waals surface area contributed by atoms with Crippen LogP contribution >= 0.6 is 0 Å². The van der Waals surface area contributed by atoms with Gasteiger partial charge < -0.3 is 20.8 Å². The highest BCUT2D eigenvalue weighted by atomic mass is 16.5. The maximum atomic E-state index is 12.3. The number of nitrogens with two attached hydrogens (primary N) is 1. The molecule has 1 aromatic carbocycles. The highest BCUT2D eigenvalue weighted by molar-refractivity contribution is 5.71. The van der Waals surface area contributed by atoms with E-state index < -0.39 is 0 Å². The molecule has 0 spiro atoms. The maximum absolute atomic E-state index is 12.3. The molecule has 0 saturated carbocycles. The van der Waals surface area contributed by atoms with Crippen LogP contribution in [0.5, 0.6) is 5.75 Å². The molecule has 0 aliphatic rings. The molecule has 2 heterocycles. The molecule has 0 amide bonds. The molecule has 4 N–H and O–H groups in total. The van der Waals surface area contributed by atoms with E-state index in [9.17, 15) is 4.79 Å². The fraction of sp³-hybridized carbons (Fsp3) is 0.353. The first kappa shape index (κ1) is 17.0. The Bertz CT molecular complexity index is 902. The van der Waals surface area contributed by atoms with Gasteiger partial charge in [0.1, 0.15) is 11.3 Å². The van der Waals surface area contributed by atoms with E-state index in [1.165, 1.54) is 0 Å². The molecule has 0 aliphatic carbocycles. The number of rotatable bonds is 8. The van der Waals surface area contributed by atoms with E-state index in [1.54, 1.807) is 17.9 Å². The number of fused-ring (bicyclic) bond motifs is 1. The molecule has 0 atom stereocenters. The minimum atomic E-state index is -0.226. The van der Waals surface area contributed by atoms with Crippen LogP contribution in [0, 0.1) is 0 Å². The third kappa shape index (κ3) is 3.80. The zero-order valence-corrected chi connectivity index (χ0v) is 14.2. The number of aromatic nitrogens is 4. The number of benzene rings is 1. The number of nitrogens with one attached hydrogen (secondary N) is 2. The van der Waals surface area contributed by atoms with E-state index in [-0.39, 0.29) is 5.69 Å². The maximum Gasteiger partial charge on any atom is 0.328 e. The van der Waals surface area contributed by atoms with E-state index in [0.29, 0.717) is 30.2 Å². The van der Waals surface area contributed by atoms with Crippen molar-refractivity contribution in [1.29, 1.82) is 0 Å². The third-order valence-electron chi connectivity index (χ3n) is 3.95. The van der Waals surface area contributed by atoms with Crippen LogP contribution in [0.25, 0.3) is 11.2 Å². The Morgan fingerprint density at radius 2 is 2.16 bits per heavy atom. The monoisotopic (exact) mass is 342 g/mol. The van der Waals surface area contributed by atoms with Crippen molar-refractivity contribution in [2.24, 2.45) is 5.73 Å². The zero-order valence-electron chi connectivity index (χ0n) is 14.2. The molecule has 0 fully saturated rings. The fourth-order valence-corrected chi connectivity index (χ4v) is 2.65. The molecule has 0 unspecified atom stereocenters. The molecule has 8 heteroatoms. The number of imidazole rings is 1. The second kappa shape index (κ2) is 7.80. The molecular weight excluding hydrogens is 320 g/mol. The van der Waals surface area contributed by atoms with Crippen molar-refractivity contribution in [3.8, 4) is 5.75 Å². The molecule has 0 aliphatic heterocycles. The normalized spacial score (nSPS) is 11.0. The number of nitrogens with zero attached hydrogens (tertiary/aromatic N) is 3. The standard InChI is InChI=1S/C17H22N6O2/c1-25-14-7-3-2-6-12(14)11-23-15-13(21-17(23)24)10-20-16(22-15)19-9-5-4-8-18/h2-3,6-7,10H,4-5,8-9,11,18H2,1H3,(H,21,24)(H,19,20,22). The fourth-order valence-electron chi connectivity index (χ4n) is 2.65. The third-order valence-corrected chi connectivity index (χ3v) is 3.95. The summed E-state index contributed by atoms with van der Waals surface area (Å²) in [6, 6.07) is 7.61. The van der Waals surface area contributed by atoms with Gasteiger partial charge in [0.2, 0.25) is 5.95 Å². The number of methoxy groups -OCH3 is 1. The van der Waals surface area contributed by atoms with Crippen molar-refractivity contribution >= 4 is 17.1 Å². The van der Waals surface area contributed by atoms with Gasteiger partial charge in [0.15, 0.2) is 5.65 Å². The van der Waals surface area contributed by atoms with Crippen LogP contribution in [0.4, 0.5) is 5.95 Å². The molecule has 2 aromatic heterocycles. The second-order valence-electron chi connectivity index (χ2n) is 5.68. The average Bonchev–Trinajstić information content (AvgIpc) is 2.94. The van der Waals surface area contributed by atoms with Gasteiger partial charge in [-0.25, -0.2) is 9.78 Å². The molecule has 0 radical (unpaired) electrons. The topological polar surface area (TPSA) is 111 Å². The van der Waals surface area contributed by atoms with Gasteiger partial charge in [0.25, 0.3) is 0 Å². The molecular formula is C17H22N6O2. The predicted octanol–water partition coefficient (Wildman–Crippen LogP) is 1.33. The summed E-state index contributed by atoms with van der Waals surface area (Å²) in [5, 5.41) is 3.16. The van der Waals surface area contributed by atoms with Crippen LogP contribution in [0.1, 0.15) is 18.4 Å². The van der Waals surface area contributed by atoms with Gasteiger partial charge in [-0.05, 0) is 25.5 Å². The summed E-state index contributed by atoms with van der Waals surface area (Å²) < 4.78 is 6.95. The number of H-pyrrole nitrogens is 1. The number of hydrogen-bond donors (Lipinski definition) is 3. The average molecular weight is 342 g/mol. The Morgan fingerprint density at radius 1 is 1.32 bits per heavy atom. The van der Waals surface area contributed by atoms with Gasteiger partial charge in [-0.3, -0.25) is 4.57 Å². The largest absolute Gasteiger partial charge is 0.496 e. The Labute approximate surface area is 145 Å². The summed E-state index contributed by atoms with van der Waals surface area (Å²) in [5.74, 6) is 1.23. The Morgan fingerprint density at radius 3 is 2.96 bits per heavy atom. The number of para-hydroxylation sites is 1. The smallest absolute Gasteiger partial charge is 0.328 e. The summed E-state index contributed by atoms with van der Waals surface area (Å²) in [6.45, 7) is 1.77. The lowest BCUT2D eigenvalue weighted by Gasteiger charge is -2.09. The number of ether oxygens (including phenoxy) is 1. The van der Waals surface area contributed by atoms with Gasteiger partial charge >= 0.3 is 5.69 Å². The Hall–Kier alpha value is -2.87. The van der Waals surface area contributed by atoms with Crippen molar-refractivity contribution in [3.05, 3.63) is 46.5 Å². The highest BCUT2D eigenvalue weighted by Crippen LogP contribution is 2.19. The first-order valence-corrected chi connectivity index (χ1v) is 8.24. The van der Waals surface area contributed by atoms with Crippen LogP contribution in [0.3, 0.4) is 0 Å². The van der Waals surface area contributed by atoms with Crippen molar-refractivity contribution < 1.29 is 4.74 Å². The molecule has 132 valence electrons. The molecule has 3 rings (SSSR count). The van der Waals surface area contributed by atoms with Gasteiger partial charge in [0.05, 0.1) is 19.9 Å². The number of aromatic amines is 1. The van der Waals surface area contributed by atoms with E-state index in [1.807, 2.05) is 24.3 Å². The number of hydrogen-bond acceptors (Lipinski definition) is 6. The molecule has 0 bridgehead atoms. The zero-order chi connectivity index (χ0) is 17.6. The predicted molar refractivity (Wildman–Crippen MR) is 97.0 cm³/mol. The van der Waals surface area contributed by atoms with E-state index in [0.717, 1.165) is 30.7 Å². The van der Waals surface area contributed by atoms with Crippen LogP contribution < -0.4 is 21.5 Å². The molecule has 0 saturated heterocycles. The number of anilines is 1. The lowest BCUT2D eigenvalue weighted by Crippen LogP contribution is -2.18. The van der Waals surface area contributed by atoms with Gasteiger partial charge in [-0.1, -0.05) is 18.2 Å².